The number of rotatable bonds is 2. The molecule has 0 spiro atoms. The van der Waals surface area contributed by atoms with Crippen molar-refractivity contribution in [2.24, 2.45) is 0 Å². The second-order valence-corrected chi connectivity index (χ2v) is 5.23. The van der Waals surface area contributed by atoms with Crippen molar-refractivity contribution in [3.63, 3.8) is 0 Å². The molecule has 1 heterocycles. The summed E-state index contributed by atoms with van der Waals surface area (Å²) in [6, 6.07) is 8.00. The second kappa shape index (κ2) is 3.96. The molecular formula is C11H15N2OSn. The number of nitrogens with zero attached hydrogens (tertiary/aromatic N) is 2. The first-order valence-electron chi connectivity index (χ1n) is 5.31. The van der Waals surface area contributed by atoms with Crippen molar-refractivity contribution < 1.29 is 0 Å². The van der Waals surface area contributed by atoms with Gasteiger partial charge in [0.05, 0.1) is 0 Å². The molecule has 0 aromatic heterocycles. The number of anilines is 1. The standard InChI is InChI=1S/C11H15N2O.Sn/c1-3-12-9-13(14,4-2)11-8-6-5-7-10(11)12;/h5-9H,3-4H2,1-2H3;. The molecule has 3 radical (unpaired) electrons. The van der Waals surface area contributed by atoms with Crippen molar-refractivity contribution in [3.05, 3.63) is 29.5 Å². The Morgan fingerprint density at radius 2 is 2.07 bits per heavy atom. The van der Waals surface area contributed by atoms with E-state index in [2.05, 4.69) is 17.9 Å². The second-order valence-electron chi connectivity index (χ2n) is 3.76. The summed E-state index contributed by atoms with van der Waals surface area (Å²) in [5.74, 6) is 0. The number of quaternary nitrogens is 1. The fourth-order valence-electron chi connectivity index (χ4n) is 2.20. The fraction of sp³-hybridized carbons (Fsp3) is 0.455. The first-order chi connectivity index (χ1) is 7.15. The molecular weight excluding hydrogens is 295 g/mol. The molecule has 0 saturated heterocycles. The molecule has 2 rings (SSSR count). The van der Waals surface area contributed by atoms with Crippen molar-refractivity contribution in [1.82, 2.24) is 4.65 Å². The minimum absolute atomic E-state index is 0.0876. The maximum atomic E-state index is 12.7. The van der Waals surface area contributed by atoms with E-state index in [0.717, 1.165) is 17.9 Å². The summed E-state index contributed by atoms with van der Waals surface area (Å²) in [5.41, 5.74) is 2.06. The van der Waals surface area contributed by atoms with E-state index < -0.39 is 0 Å². The Morgan fingerprint density at radius 3 is 2.67 bits per heavy atom. The number of fused-ring (bicyclic) bond motifs is 1. The van der Waals surface area contributed by atoms with Gasteiger partial charge in [-0.2, -0.15) is 0 Å². The van der Waals surface area contributed by atoms with Crippen LogP contribution in [-0.2, 0) is 0 Å². The third-order valence-electron chi connectivity index (χ3n) is 3.10. The Bertz CT molecular complexity index is 371. The summed E-state index contributed by atoms with van der Waals surface area (Å²) in [6.07, 6.45) is 0. The van der Waals surface area contributed by atoms with Crippen LogP contribution in [0.15, 0.2) is 24.3 Å². The number of hydrogen-bond donors (Lipinski definition) is 0. The first-order valence-corrected chi connectivity index (χ1v) is 6.96. The Morgan fingerprint density at radius 1 is 1.40 bits per heavy atom. The predicted molar refractivity (Wildman–Crippen MR) is 64.7 cm³/mol. The molecule has 79 valence electrons. The normalized spacial score (nSPS) is 29.3. The zero-order valence-corrected chi connectivity index (χ0v) is 12.0. The molecule has 1 aliphatic heterocycles. The topological polar surface area (TPSA) is 26.3 Å². The number of para-hydroxylation sites is 2. The van der Waals surface area contributed by atoms with Gasteiger partial charge in [0.15, 0.2) is 0 Å². The molecule has 1 aliphatic rings. The van der Waals surface area contributed by atoms with Crippen LogP contribution in [0.25, 0.3) is 0 Å². The Hall–Kier alpha value is -0.261. The van der Waals surface area contributed by atoms with Crippen molar-refractivity contribution in [1.29, 1.82) is 0 Å². The SMILES string of the molecule is CCN1c2ccccc2[N+]([O-])(CC)[CH]1[Sn]. The van der Waals surface area contributed by atoms with Crippen molar-refractivity contribution in [2.45, 2.75) is 18.0 Å². The molecule has 1 aromatic carbocycles. The molecule has 4 heteroatoms. The molecule has 2 atom stereocenters. The Balaban J connectivity index is 2.56. The molecule has 3 nitrogen and oxygen atoms in total. The van der Waals surface area contributed by atoms with E-state index >= 15 is 0 Å². The van der Waals surface area contributed by atoms with E-state index in [9.17, 15) is 5.21 Å². The van der Waals surface area contributed by atoms with Crippen LogP contribution >= 0.6 is 0 Å². The molecule has 0 aliphatic carbocycles. The van der Waals surface area contributed by atoms with Crippen LogP contribution in [0, 0.1) is 5.21 Å². The van der Waals surface area contributed by atoms with Crippen LogP contribution < -0.4 is 9.55 Å². The van der Waals surface area contributed by atoms with Gasteiger partial charge in [-0.15, -0.1) is 0 Å². The van der Waals surface area contributed by atoms with E-state index in [0.29, 0.717) is 6.54 Å². The summed E-state index contributed by atoms with van der Waals surface area (Å²) in [6.45, 7) is 5.61. The van der Waals surface area contributed by atoms with Gasteiger partial charge in [-0.1, -0.05) is 0 Å². The average molecular weight is 310 g/mol. The third-order valence-corrected chi connectivity index (χ3v) is 5.18. The Labute approximate surface area is 104 Å². The summed E-state index contributed by atoms with van der Waals surface area (Å²) in [5, 5.41) is 12.7. The molecule has 0 saturated carbocycles. The van der Waals surface area contributed by atoms with E-state index in [1.54, 1.807) is 0 Å². The summed E-state index contributed by atoms with van der Waals surface area (Å²) in [4.78, 5) is 2.23. The van der Waals surface area contributed by atoms with Gasteiger partial charge in [-0.3, -0.25) is 0 Å². The van der Waals surface area contributed by atoms with Gasteiger partial charge in [0.1, 0.15) is 0 Å². The monoisotopic (exact) mass is 311 g/mol. The molecule has 0 amide bonds. The summed E-state index contributed by atoms with van der Waals surface area (Å²) >= 11 is 1.29. The van der Waals surface area contributed by atoms with Gasteiger partial charge in [-0.25, -0.2) is 0 Å². The van der Waals surface area contributed by atoms with Crippen LogP contribution in [-0.4, -0.2) is 39.8 Å². The van der Waals surface area contributed by atoms with E-state index in [1.165, 1.54) is 22.5 Å². The quantitative estimate of drug-likeness (QED) is 0.473. The third kappa shape index (κ3) is 1.48. The number of hydroxylamine groups is 2. The van der Waals surface area contributed by atoms with Gasteiger partial charge >= 0.3 is 104 Å². The first kappa shape index (κ1) is 11.2. The molecule has 0 N–H and O–H groups in total. The zero-order valence-electron chi connectivity index (χ0n) is 9.10. The van der Waals surface area contributed by atoms with Gasteiger partial charge in [0.2, 0.25) is 0 Å². The maximum absolute atomic E-state index is 12.7. The molecule has 0 fully saturated rings. The van der Waals surface area contributed by atoms with Gasteiger partial charge in [0, 0.05) is 0 Å². The fourth-order valence-corrected chi connectivity index (χ4v) is 4.04. The molecule has 2 unspecified atom stereocenters. The van der Waals surface area contributed by atoms with Crippen molar-refractivity contribution in [2.75, 3.05) is 18.0 Å². The molecule has 1 aromatic rings. The number of benzene rings is 1. The summed E-state index contributed by atoms with van der Waals surface area (Å²) < 4.78 is -0.0906. The van der Waals surface area contributed by atoms with Crippen LogP contribution in [0.3, 0.4) is 0 Å². The molecule has 15 heavy (non-hydrogen) atoms. The average Bonchev–Trinajstić information content (AvgIpc) is 2.50. The van der Waals surface area contributed by atoms with Gasteiger partial charge in [-0.05, 0) is 0 Å². The minimum atomic E-state index is -0.178. The zero-order chi connectivity index (χ0) is 11.1. The van der Waals surface area contributed by atoms with Crippen LogP contribution in [0.2, 0.25) is 0 Å². The van der Waals surface area contributed by atoms with Crippen LogP contribution in [0.4, 0.5) is 11.4 Å². The predicted octanol–water partition coefficient (Wildman–Crippen LogP) is 1.80. The van der Waals surface area contributed by atoms with Crippen LogP contribution in [0.1, 0.15) is 13.8 Å². The van der Waals surface area contributed by atoms with Gasteiger partial charge < -0.3 is 0 Å². The number of hydrogen-bond acceptors (Lipinski definition) is 2. The van der Waals surface area contributed by atoms with Crippen molar-refractivity contribution >= 4 is 33.9 Å². The van der Waals surface area contributed by atoms with E-state index in [-0.39, 0.29) is 8.83 Å². The summed E-state index contributed by atoms with van der Waals surface area (Å²) in [7, 11) is 0. The Kier molecular flexibility index (Phi) is 2.96. The van der Waals surface area contributed by atoms with Crippen LogP contribution in [0.5, 0.6) is 0 Å². The van der Waals surface area contributed by atoms with Gasteiger partial charge in [0.25, 0.3) is 0 Å². The van der Waals surface area contributed by atoms with Crippen molar-refractivity contribution in [3.8, 4) is 0 Å². The van der Waals surface area contributed by atoms with E-state index in [1.807, 2.05) is 25.1 Å². The van der Waals surface area contributed by atoms with E-state index in [4.69, 9.17) is 0 Å². The molecule has 0 bridgehead atoms.